The first kappa shape index (κ1) is 11.6. The number of rotatable bonds is 2. The van der Waals surface area contributed by atoms with Crippen LogP contribution in [0, 0.1) is 0 Å². The summed E-state index contributed by atoms with van der Waals surface area (Å²) in [6.07, 6.45) is 0. The summed E-state index contributed by atoms with van der Waals surface area (Å²) in [7, 11) is 0. The predicted octanol–water partition coefficient (Wildman–Crippen LogP) is 0.0129. The van der Waals surface area contributed by atoms with Crippen molar-refractivity contribution in [2.75, 3.05) is 19.8 Å². The number of nitrogens with zero attached hydrogens (tertiary/aromatic N) is 1. The number of morpholine rings is 1. The molecule has 5 heteroatoms. The van der Waals surface area contributed by atoms with Gasteiger partial charge in [-0.1, -0.05) is 18.2 Å². The average Bonchev–Trinajstić information content (AvgIpc) is 2.39. The van der Waals surface area contributed by atoms with Crippen molar-refractivity contribution < 1.29 is 14.3 Å². The Bertz CT molecular complexity index is 419. The lowest BCUT2D eigenvalue weighted by atomic mass is 10.1. The van der Waals surface area contributed by atoms with Crippen LogP contribution in [0.1, 0.15) is 10.4 Å². The SMILES string of the molecule is NC(=O)C1COCCN1C(=O)c1ccccc1. The normalized spacial score (nSPS) is 20.0. The van der Waals surface area contributed by atoms with Crippen molar-refractivity contribution in [3.8, 4) is 0 Å². The number of hydrogen-bond donors (Lipinski definition) is 1. The van der Waals surface area contributed by atoms with Crippen LogP contribution in [0.25, 0.3) is 0 Å². The molecule has 1 saturated heterocycles. The third-order valence-corrected chi connectivity index (χ3v) is 2.74. The summed E-state index contributed by atoms with van der Waals surface area (Å²) in [6.45, 7) is 0.998. The topological polar surface area (TPSA) is 72.6 Å². The first-order valence-electron chi connectivity index (χ1n) is 5.43. The van der Waals surface area contributed by atoms with Crippen LogP contribution in [-0.4, -0.2) is 42.5 Å². The summed E-state index contributed by atoms with van der Waals surface area (Å²) in [5.41, 5.74) is 5.82. The molecule has 1 atom stereocenters. The van der Waals surface area contributed by atoms with Crippen LogP contribution < -0.4 is 5.73 Å². The van der Waals surface area contributed by atoms with Gasteiger partial charge in [-0.2, -0.15) is 0 Å². The lowest BCUT2D eigenvalue weighted by Gasteiger charge is -2.33. The maximum absolute atomic E-state index is 12.2. The summed E-state index contributed by atoms with van der Waals surface area (Å²) in [4.78, 5) is 24.9. The number of ether oxygens (including phenoxy) is 1. The minimum atomic E-state index is -0.670. The molecule has 1 aromatic carbocycles. The van der Waals surface area contributed by atoms with E-state index in [1.165, 1.54) is 4.90 Å². The van der Waals surface area contributed by atoms with E-state index in [1.807, 2.05) is 6.07 Å². The van der Waals surface area contributed by atoms with Crippen LogP contribution >= 0.6 is 0 Å². The van der Waals surface area contributed by atoms with Gasteiger partial charge in [0.1, 0.15) is 6.04 Å². The van der Waals surface area contributed by atoms with Gasteiger partial charge in [0, 0.05) is 12.1 Å². The van der Waals surface area contributed by atoms with Crippen molar-refractivity contribution in [1.29, 1.82) is 0 Å². The van der Waals surface area contributed by atoms with Gasteiger partial charge in [-0.05, 0) is 12.1 Å². The van der Waals surface area contributed by atoms with E-state index in [2.05, 4.69) is 0 Å². The zero-order valence-electron chi connectivity index (χ0n) is 9.33. The lowest BCUT2D eigenvalue weighted by molar-refractivity contribution is -0.127. The molecule has 2 N–H and O–H groups in total. The molecule has 1 fully saturated rings. The van der Waals surface area contributed by atoms with Gasteiger partial charge in [0.25, 0.3) is 5.91 Å². The quantitative estimate of drug-likeness (QED) is 0.783. The summed E-state index contributed by atoms with van der Waals surface area (Å²) >= 11 is 0. The molecule has 0 radical (unpaired) electrons. The van der Waals surface area contributed by atoms with Crippen LogP contribution in [0.5, 0.6) is 0 Å². The molecule has 5 nitrogen and oxygen atoms in total. The number of amides is 2. The van der Waals surface area contributed by atoms with E-state index in [1.54, 1.807) is 24.3 Å². The minimum Gasteiger partial charge on any atom is -0.377 e. The Morgan fingerprint density at radius 2 is 2.00 bits per heavy atom. The molecule has 1 unspecified atom stereocenters. The highest BCUT2D eigenvalue weighted by Gasteiger charge is 2.31. The van der Waals surface area contributed by atoms with Crippen molar-refractivity contribution in [1.82, 2.24) is 4.90 Å². The fourth-order valence-corrected chi connectivity index (χ4v) is 1.83. The molecule has 1 aliphatic heterocycles. The van der Waals surface area contributed by atoms with Crippen molar-refractivity contribution >= 4 is 11.8 Å². The number of hydrogen-bond acceptors (Lipinski definition) is 3. The number of benzene rings is 1. The monoisotopic (exact) mass is 234 g/mol. The predicted molar refractivity (Wildman–Crippen MR) is 61.3 cm³/mol. The summed E-state index contributed by atoms with van der Waals surface area (Å²) < 4.78 is 5.16. The van der Waals surface area contributed by atoms with Gasteiger partial charge in [0.2, 0.25) is 5.91 Å². The highest BCUT2D eigenvalue weighted by molar-refractivity contribution is 5.97. The Morgan fingerprint density at radius 3 is 2.65 bits per heavy atom. The van der Waals surface area contributed by atoms with Gasteiger partial charge in [-0.25, -0.2) is 0 Å². The second kappa shape index (κ2) is 4.97. The second-order valence-electron chi connectivity index (χ2n) is 3.86. The van der Waals surface area contributed by atoms with Gasteiger partial charge < -0.3 is 15.4 Å². The van der Waals surface area contributed by atoms with Gasteiger partial charge in [0.15, 0.2) is 0 Å². The van der Waals surface area contributed by atoms with Gasteiger partial charge in [-0.15, -0.1) is 0 Å². The van der Waals surface area contributed by atoms with Crippen LogP contribution in [0.3, 0.4) is 0 Å². The fourth-order valence-electron chi connectivity index (χ4n) is 1.83. The zero-order chi connectivity index (χ0) is 12.3. The smallest absolute Gasteiger partial charge is 0.254 e. The van der Waals surface area contributed by atoms with Crippen LogP contribution in [-0.2, 0) is 9.53 Å². The molecule has 1 aromatic rings. The van der Waals surface area contributed by atoms with Crippen LogP contribution in [0.4, 0.5) is 0 Å². The maximum atomic E-state index is 12.2. The number of primary amides is 1. The number of carbonyl (C=O) groups excluding carboxylic acids is 2. The van der Waals surface area contributed by atoms with E-state index in [-0.39, 0.29) is 12.5 Å². The Labute approximate surface area is 99.2 Å². The molecule has 1 aliphatic rings. The Hall–Kier alpha value is -1.88. The molecule has 2 rings (SSSR count). The molecule has 0 aliphatic carbocycles. The largest absolute Gasteiger partial charge is 0.377 e. The molecule has 0 spiro atoms. The molecule has 90 valence electrons. The Kier molecular flexibility index (Phi) is 3.39. The number of nitrogens with two attached hydrogens (primary N) is 1. The van der Waals surface area contributed by atoms with E-state index in [0.29, 0.717) is 18.7 Å². The zero-order valence-corrected chi connectivity index (χ0v) is 9.33. The first-order chi connectivity index (χ1) is 8.20. The molecular weight excluding hydrogens is 220 g/mol. The van der Waals surface area contributed by atoms with Gasteiger partial charge in [0.05, 0.1) is 13.2 Å². The Balaban J connectivity index is 2.20. The molecule has 1 heterocycles. The van der Waals surface area contributed by atoms with Gasteiger partial charge >= 0.3 is 0 Å². The van der Waals surface area contributed by atoms with Crippen LogP contribution in [0.15, 0.2) is 30.3 Å². The summed E-state index contributed by atoms with van der Waals surface area (Å²) in [6, 6.07) is 8.17. The second-order valence-corrected chi connectivity index (χ2v) is 3.86. The average molecular weight is 234 g/mol. The first-order valence-corrected chi connectivity index (χ1v) is 5.43. The molecule has 0 aromatic heterocycles. The van der Waals surface area contributed by atoms with Crippen molar-refractivity contribution in [3.63, 3.8) is 0 Å². The van der Waals surface area contributed by atoms with E-state index < -0.39 is 11.9 Å². The molecule has 0 bridgehead atoms. The lowest BCUT2D eigenvalue weighted by Crippen LogP contribution is -2.54. The highest BCUT2D eigenvalue weighted by Crippen LogP contribution is 2.12. The molecule has 0 saturated carbocycles. The third kappa shape index (κ3) is 2.45. The maximum Gasteiger partial charge on any atom is 0.254 e. The molecular formula is C12H14N2O3. The Morgan fingerprint density at radius 1 is 1.29 bits per heavy atom. The minimum absolute atomic E-state index is 0.175. The molecule has 2 amide bonds. The van der Waals surface area contributed by atoms with E-state index in [0.717, 1.165) is 0 Å². The highest BCUT2D eigenvalue weighted by atomic mass is 16.5. The van der Waals surface area contributed by atoms with E-state index in [9.17, 15) is 9.59 Å². The van der Waals surface area contributed by atoms with Crippen molar-refractivity contribution in [2.45, 2.75) is 6.04 Å². The van der Waals surface area contributed by atoms with Crippen molar-refractivity contribution in [2.24, 2.45) is 5.73 Å². The fraction of sp³-hybridized carbons (Fsp3) is 0.333. The van der Waals surface area contributed by atoms with Crippen LogP contribution in [0.2, 0.25) is 0 Å². The van der Waals surface area contributed by atoms with Crippen molar-refractivity contribution in [3.05, 3.63) is 35.9 Å². The van der Waals surface area contributed by atoms with E-state index in [4.69, 9.17) is 10.5 Å². The summed E-state index contributed by atoms with van der Waals surface area (Å²) in [5.74, 6) is -0.716. The third-order valence-electron chi connectivity index (χ3n) is 2.74. The van der Waals surface area contributed by atoms with E-state index >= 15 is 0 Å². The standard InChI is InChI=1S/C12H14N2O3/c13-11(15)10-8-17-7-6-14(10)12(16)9-4-2-1-3-5-9/h1-5,10H,6-8H2,(H2,13,15). The van der Waals surface area contributed by atoms with Gasteiger partial charge in [-0.3, -0.25) is 9.59 Å². The number of carbonyl (C=O) groups is 2. The summed E-state index contributed by atoms with van der Waals surface area (Å²) in [5, 5.41) is 0. The molecule has 17 heavy (non-hydrogen) atoms.